The van der Waals surface area contributed by atoms with Gasteiger partial charge in [0.25, 0.3) is 0 Å². The van der Waals surface area contributed by atoms with Gasteiger partial charge >= 0.3 is 0 Å². The first-order valence-corrected chi connectivity index (χ1v) is 5.75. The molecule has 0 N–H and O–H groups in total. The molecule has 0 fully saturated rings. The van der Waals surface area contributed by atoms with E-state index < -0.39 is 0 Å². The standard InChI is InChI=1S/2C8H6O2/c9-5-7-1-2-8(6-10)4-3-7;9-5-7-3-1-2-4-8(7)6-10/h2*1-6H. The third kappa shape index (κ3) is 4.42. The summed E-state index contributed by atoms with van der Waals surface area (Å²) < 4.78 is 0. The molecule has 0 bridgehead atoms. The summed E-state index contributed by atoms with van der Waals surface area (Å²) in [6.45, 7) is 0. The summed E-state index contributed by atoms with van der Waals surface area (Å²) in [7, 11) is 0. The third-order valence-corrected chi connectivity index (χ3v) is 2.46. The molecule has 0 aliphatic carbocycles. The molecule has 0 unspecified atom stereocenters. The smallest absolute Gasteiger partial charge is 0.150 e. The highest BCUT2D eigenvalue weighted by atomic mass is 16.1. The van der Waals surface area contributed by atoms with Crippen LogP contribution in [0.2, 0.25) is 0 Å². The molecule has 4 heteroatoms. The van der Waals surface area contributed by atoms with Crippen molar-refractivity contribution in [2.45, 2.75) is 0 Å². The fourth-order valence-electron chi connectivity index (χ4n) is 1.38. The molecule has 20 heavy (non-hydrogen) atoms. The molecule has 0 spiro atoms. The van der Waals surface area contributed by atoms with Crippen LogP contribution in [0.5, 0.6) is 0 Å². The average Bonchev–Trinajstić information content (AvgIpc) is 2.55. The van der Waals surface area contributed by atoms with Crippen LogP contribution in [0.1, 0.15) is 41.4 Å². The second kappa shape index (κ2) is 8.26. The van der Waals surface area contributed by atoms with Crippen molar-refractivity contribution in [2.24, 2.45) is 0 Å². The lowest BCUT2D eigenvalue weighted by Crippen LogP contribution is -1.87. The second-order valence-electron chi connectivity index (χ2n) is 3.77. The van der Waals surface area contributed by atoms with E-state index in [9.17, 15) is 19.2 Å². The van der Waals surface area contributed by atoms with Gasteiger partial charge in [0.2, 0.25) is 0 Å². The van der Waals surface area contributed by atoms with E-state index in [0.29, 0.717) is 34.8 Å². The van der Waals surface area contributed by atoms with Gasteiger partial charge in [-0.1, -0.05) is 48.5 Å². The van der Waals surface area contributed by atoms with Crippen molar-refractivity contribution in [1.82, 2.24) is 0 Å². The number of aldehydes is 4. The van der Waals surface area contributed by atoms with E-state index in [-0.39, 0.29) is 0 Å². The Morgan fingerprint density at radius 2 is 0.850 bits per heavy atom. The van der Waals surface area contributed by atoms with Crippen molar-refractivity contribution < 1.29 is 19.2 Å². The van der Waals surface area contributed by atoms with Crippen molar-refractivity contribution in [1.29, 1.82) is 0 Å². The first-order chi connectivity index (χ1) is 9.74. The predicted molar refractivity (Wildman–Crippen MR) is 74.4 cm³/mol. The van der Waals surface area contributed by atoms with Crippen LogP contribution in [0.25, 0.3) is 0 Å². The van der Waals surface area contributed by atoms with Gasteiger partial charge in [-0.2, -0.15) is 0 Å². The minimum Gasteiger partial charge on any atom is -0.298 e. The lowest BCUT2D eigenvalue weighted by atomic mass is 10.1. The minimum atomic E-state index is 0.442. The zero-order chi connectivity index (χ0) is 14.8. The number of rotatable bonds is 4. The van der Waals surface area contributed by atoms with Crippen LogP contribution >= 0.6 is 0 Å². The molecule has 2 aromatic rings. The van der Waals surface area contributed by atoms with E-state index in [1.54, 1.807) is 48.5 Å². The van der Waals surface area contributed by atoms with Crippen LogP contribution in [0.15, 0.2) is 48.5 Å². The molecule has 4 nitrogen and oxygen atoms in total. The van der Waals surface area contributed by atoms with Crippen molar-refractivity contribution >= 4 is 25.1 Å². The Labute approximate surface area is 116 Å². The van der Waals surface area contributed by atoms with Crippen molar-refractivity contribution in [3.63, 3.8) is 0 Å². The van der Waals surface area contributed by atoms with Crippen LogP contribution < -0.4 is 0 Å². The minimum absolute atomic E-state index is 0.442. The fourth-order valence-corrected chi connectivity index (χ4v) is 1.38. The number of benzene rings is 2. The first kappa shape index (κ1) is 15.2. The van der Waals surface area contributed by atoms with Gasteiger partial charge in [-0.3, -0.25) is 19.2 Å². The number of carbonyl (C=O) groups is 4. The summed E-state index contributed by atoms with van der Waals surface area (Å²) in [5.74, 6) is 0. The molecule has 0 saturated heterocycles. The Balaban J connectivity index is 0.000000200. The summed E-state index contributed by atoms with van der Waals surface area (Å²) in [5.41, 5.74) is 2.06. The zero-order valence-corrected chi connectivity index (χ0v) is 10.6. The van der Waals surface area contributed by atoms with Gasteiger partial charge in [-0.05, 0) is 0 Å². The quantitative estimate of drug-likeness (QED) is 0.799. The van der Waals surface area contributed by atoms with Gasteiger partial charge in [0, 0.05) is 22.3 Å². The molecule has 0 aliphatic heterocycles. The molecule has 100 valence electrons. The maximum Gasteiger partial charge on any atom is 0.150 e. The topological polar surface area (TPSA) is 68.3 Å². The first-order valence-electron chi connectivity index (χ1n) is 5.75. The van der Waals surface area contributed by atoms with E-state index in [2.05, 4.69) is 0 Å². The summed E-state index contributed by atoms with van der Waals surface area (Å²) in [6, 6.07) is 13.1. The maximum absolute atomic E-state index is 10.2. The monoisotopic (exact) mass is 268 g/mol. The van der Waals surface area contributed by atoms with Crippen LogP contribution in [-0.4, -0.2) is 25.1 Å². The van der Waals surface area contributed by atoms with E-state index in [4.69, 9.17) is 0 Å². The molecular weight excluding hydrogens is 256 g/mol. The van der Waals surface area contributed by atoms with E-state index in [0.717, 1.165) is 12.6 Å². The largest absolute Gasteiger partial charge is 0.298 e. The Morgan fingerprint density at radius 3 is 1.10 bits per heavy atom. The highest BCUT2D eigenvalue weighted by Gasteiger charge is 1.95. The molecular formula is C16H12O4. The fraction of sp³-hybridized carbons (Fsp3) is 0. The molecule has 0 radical (unpaired) electrons. The molecule has 0 saturated carbocycles. The van der Waals surface area contributed by atoms with Gasteiger partial charge in [-0.15, -0.1) is 0 Å². The maximum atomic E-state index is 10.2. The lowest BCUT2D eigenvalue weighted by Gasteiger charge is -1.91. The van der Waals surface area contributed by atoms with E-state index in [1.807, 2.05) is 0 Å². The normalized spacial score (nSPS) is 8.80. The molecule has 0 atom stereocenters. The van der Waals surface area contributed by atoms with Crippen LogP contribution in [0, 0.1) is 0 Å². The van der Waals surface area contributed by atoms with Gasteiger partial charge in [0.1, 0.15) is 12.6 Å². The van der Waals surface area contributed by atoms with Crippen molar-refractivity contribution in [3.8, 4) is 0 Å². The Morgan fingerprint density at radius 1 is 0.500 bits per heavy atom. The molecule has 0 heterocycles. The highest BCUT2D eigenvalue weighted by Crippen LogP contribution is 2.01. The van der Waals surface area contributed by atoms with Gasteiger partial charge < -0.3 is 0 Å². The summed E-state index contributed by atoms with van der Waals surface area (Å²) >= 11 is 0. The molecule has 0 aliphatic rings. The number of hydrogen-bond donors (Lipinski definition) is 0. The average molecular weight is 268 g/mol. The predicted octanol–water partition coefficient (Wildman–Crippen LogP) is 2.62. The van der Waals surface area contributed by atoms with Gasteiger partial charge in [-0.25, -0.2) is 0 Å². The highest BCUT2D eigenvalue weighted by molar-refractivity contribution is 5.90. The lowest BCUT2D eigenvalue weighted by molar-refractivity contribution is 0.109. The Kier molecular flexibility index (Phi) is 6.27. The molecule has 0 amide bonds. The van der Waals surface area contributed by atoms with Gasteiger partial charge in [0.05, 0.1) is 0 Å². The molecule has 2 rings (SSSR count). The van der Waals surface area contributed by atoms with Crippen LogP contribution in [-0.2, 0) is 0 Å². The van der Waals surface area contributed by atoms with Crippen LogP contribution in [0.4, 0.5) is 0 Å². The number of carbonyl (C=O) groups excluding carboxylic acids is 4. The summed E-state index contributed by atoms with van der Waals surface area (Å²) in [6.07, 6.45) is 2.83. The molecule has 2 aromatic carbocycles. The Bertz CT molecular complexity index is 546. The van der Waals surface area contributed by atoms with Crippen LogP contribution in [0.3, 0.4) is 0 Å². The van der Waals surface area contributed by atoms with Crippen molar-refractivity contribution in [3.05, 3.63) is 70.8 Å². The Hall–Kier alpha value is -2.88. The zero-order valence-electron chi connectivity index (χ0n) is 10.6. The van der Waals surface area contributed by atoms with E-state index in [1.165, 1.54) is 0 Å². The summed E-state index contributed by atoms with van der Waals surface area (Å²) in [4.78, 5) is 40.7. The number of hydrogen-bond acceptors (Lipinski definition) is 4. The summed E-state index contributed by atoms with van der Waals surface area (Å²) in [5, 5.41) is 0. The van der Waals surface area contributed by atoms with E-state index >= 15 is 0 Å². The van der Waals surface area contributed by atoms with Gasteiger partial charge in [0.15, 0.2) is 12.6 Å². The second-order valence-corrected chi connectivity index (χ2v) is 3.77. The SMILES string of the molecule is O=Cc1ccc(C=O)cc1.O=Cc1ccccc1C=O. The molecule has 0 aromatic heterocycles. The van der Waals surface area contributed by atoms with Crippen molar-refractivity contribution in [2.75, 3.05) is 0 Å². The third-order valence-electron chi connectivity index (χ3n) is 2.46.